The number of aromatic amines is 1. The predicted octanol–water partition coefficient (Wildman–Crippen LogP) is 4.79. The zero-order chi connectivity index (χ0) is 17.1. The van der Waals surface area contributed by atoms with Crippen LogP contribution < -0.4 is 10.6 Å². The molecule has 3 aromatic rings. The molecule has 126 valence electrons. The van der Waals surface area contributed by atoms with E-state index < -0.39 is 0 Å². The Morgan fingerprint density at radius 2 is 2.08 bits per heavy atom. The largest absolute Gasteiger partial charge is 0.358 e. The highest BCUT2D eigenvalue weighted by Gasteiger charge is 2.12. The van der Waals surface area contributed by atoms with Crippen LogP contribution in [0.5, 0.6) is 0 Å². The first-order valence-corrected chi connectivity index (χ1v) is 9.10. The minimum Gasteiger partial charge on any atom is -0.358 e. The summed E-state index contributed by atoms with van der Waals surface area (Å²) < 4.78 is 0.730. The Bertz CT molecular complexity index is 855. The van der Waals surface area contributed by atoms with Crippen LogP contribution in [-0.2, 0) is 6.42 Å². The van der Waals surface area contributed by atoms with Crippen LogP contribution in [0.4, 0.5) is 4.79 Å². The van der Waals surface area contributed by atoms with Gasteiger partial charge in [0.05, 0.1) is 10.4 Å². The maximum absolute atomic E-state index is 12.1. The lowest BCUT2D eigenvalue weighted by molar-refractivity contribution is 0.238. The van der Waals surface area contributed by atoms with Crippen molar-refractivity contribution in [2.75, 3.05) is 6.54 Å². The van der Waals surface area contributed by atoms with Crippen LogP contribution in [0.3, 0.4) is 0 Å². The molecule has 4 nitrogen and oxygen atoms in total. The van der Waals surface area contributed by atoms with Gasteiger partial charge in [-0.2, -0.15) is 0 Å². The highest BCUT2D eigenvalue weighted by atomic mass is 35.5. The Balaban J connectivity index is 1.54. The number of hydrogen-bond acceptors (Lipinski definition) is 2. The second-order valence-corrected chi connectivity index (χ2v) is 7.53. The molecule has 0 bridgehead atoms. The molecular weight excluding hydrogens is 342 g/mol. The van der Waals surface area contributed by atoms with Crippen molar-refractivity contribution in [2.24, 2.45) is 0 Å². The quantitative estimate of drug-likeness (QED) is 0.601. The molecule has 0 aliphatic heterocycles. The van der Waals surface area contributed by atoms with E-state index in [0.717, 1.165) is 26.8 Å². The van der Waals surface area contributed by atoms with Crippen LogP contribution in [0, 0.1) is 6.92 Å². The van der Waals surface area contributed by atoms with Crippen molar-refractivity contribution in [1.29, 1.82) is 0 Å². The smallest absolute Gasteiger partial charge is 0.315 e. The van der Waals surface area contributed by atoms with E-state index in [2.05, 4.69) is 34.7 Å². The maximum atomic E-state index is 12.1. The third kappa shape index (κ3) is 3.74. The van der Waals surface area contributed by atoms with Gasteiger partial charge >= 0.3 is 6.03 Å². The normalized spacial score (nSPS) is 12.3. The van der Waals surface area contributed by atoms with Gasteiger partial charge in [0.25, 0.3) is 0 Å². The second-order valence-electron chi connectivity index (χ2n) is 5.79. The summed E-state index contributed by atoms with van der Waals surface area (Å²) in [6.07, 6.45) is 0.794. The zero-order valence-corrected chi connectivity index (χ0v) is 15.2. The molecule has 0 saturated carbocycles. The lowest BCUT2D eigenvalue weighted by Crippen LogP contribution is -2.37. The standard InChI is InChI=1S/C18H20ClN3OS/c1-11-13(14-5-3-4-6-15(14)21-11)9-10-20-18(23)22-12(2)16-7-8-17(19)24-16/h3-8,12,21H,9-10H2,1-2H3,(H2,20,22,23). The number of urea groups is 1. The molecule has 1 aromatic carbocycles. The highest BCUT2D eigenvalue weighted by Crippen LogP contribution is 2.26. The van der Waals surface area contributed by atoms with E-state index in [9.17, 15) is 4.79 Å². The fraction of sp³-hybridized carbons (Fsp3) is 0.278. The van der Waals surface area contributed by atoms with E-state index in [1.54, 1.807) is 0 Å². The van der Waals surface area contributed by atoms with Crippen molar-refractivity contribution in [3.05, 3.63) is 56.9 Å². The molecule has 0 aliphatic carbocycles. The molecule has 2 aromatic heterocycles. The number of fused-ring (bicyclic) bond motifs is 1. The minimum absolute atomic E-state index is 0.0580. The third-order valence-corrected chi connectivity index (χ3v) is 5.47. The summed E-state index contributed by atoms with van der Waals surface area (Å²) in [5.41, 5.74) is 3.54. The van der Waals surface area contributed by atoms with Crippen molar-refractivity contribution in [3.63, 3.8) is 0 Å². The molecule has 0 fully saturated rings. The topological polar surface area (TPSA) is 56.9 Å². The molecule has 2 amide bonds. The number of hydrogen-bond donors (Lipinski definition) is 3. The van der Waals surface area contributed by atoms with Crippen molar-refractivity contribution in [2.45, 2.75) is 26.3 Å². The van der Waals surface area contributed by atoms with Crippen molar-refractivity contribution >= 4 is 39.9 Å². The van der Waals surface area contributed by atoms with Crippen LogP contribution in [0.15, 0.2) is 36.4 Å². The minimum atomic E-state index is -0.162. The number of aryl methyl sites for hydroxylation is 1. The Morgan fingerprint density at radius 3 is 2.83 bits per heavy atom. The molecule has 6 heteroatoms. The van der Waals surface area contributed by atoms with Crippen LogP contribution in [0.1, 0.15) is 29.1 Å². The van der Waals surface area contributed by atoms with E-state index in [1.165, 1.54) is 22.3 Å². The van der Waals surface area contributed by atoms with E-state index in [0.29, 0.717) is 6.54 Å². The SMILES string of the molecule is Cc1[nH]c2ccccc2c1CCNC(=O)NC(C)c1ccc(Cl)s1. The van der Waals surface area contributed by atoms with Gasteiger partial charge in [0.2, 0.25) is 0 Å². The van der Waals surface area contributed by atoms with Gasteiger partial charge in [-0.15, -0.1) is 11.3 Å². The molecule has 3 N–H and O–H groups in total. The van der Waals surface area contributed by atoms with Crippen molar-refractivity contribution in [3.8, 4) is 0 Å². The van der Waals surface area contributed by atoms with E-state index >= 15 is 0 Å². The first-order valence-electron chi connectivity index (χ1n) is 7.90. The average Bonchev–Trinajstić information content (AvgIpc) is 3.11. The molecule has 2 heterocycles. The fourth-order valence-corrected chi connectivity index (χ4v) is 3.90. The Hall–Kier alpha value is -1.98. The number of rotatable bonds is 5. The molecule has 1 atom stereocenters. The van der Waals surface area contributed by atoms with Gasteiger partial charge in [-0.1, -0.05) is 29.8 Å². The number of aromatic nitrogens is 1. The molecule has 1 unspecified atom stereocenters. The predicted molar refractivity (Wildman–Crippen MR) is 101 cm³/mol. The van der Waals surface area contributed by atoms with Crippen LogP contribution in [0.25, 0.3) is 10.9 Å². The fourth-order valence-electron chi connectivity index (χ4n) is 2.84. The monoisotopic (exact) mass is 361 g/mol. The molecule has 24 heavy (non-hydrogen) atoms. The van der Waals surface area contributed by atoms with Gasteiger partial charge in [0.15, 0.2) is 0 Å². The molecule has 0 aliphatic rings. The van der Waals surface area contributed by atoms with Gasteiger partial charge in [-0.05, 0) is 44.0 Å². The summed E-state index contributed by atoms with van der Waals surface area (Å²) in [7, 11) is 0. The van der Waals surface area contributed by atoms with E-state index in [4.69, 9.17) is 11.6 Å². The maximum Gasteiger partial charge on any atom is 0.315 e. The summed E-state index contributed by atoms with van der Waals surface area (Å²) in [5, 5.41) is 7.08. The van der Waals surface area contributed by atoms with Gasteiger partial charge in [-0.3, -0.25) is 0 Å². The summed E-state index contributed by atoms with van der Waals surface area (Å²) in [5.74, 6) is 0. The summed E-state index contributed by atoms with van der Waals surface area (Å²) >= 11 is 7.41. The first-order chi connectivity index (χ1) is 11.5. The number of para-hydroxylation sites is 1. The third-order valence-electron chi connectivity index (χ3n) is 4.06. The van der Waals surface area contributed by atoms with Crippen molar-refractivity contribution in [1.82, 2.24) is 15.6 Å². The van der Waals surface area contributed by atoms with Crippen LogP contribution >= 0.6 is 22.9 Å². The average molecular weight is 362 g/mol. The molecule has 0 spiro atoms. The number of amides is 2. The van der Waals surface area contributed by atoms with Gasteiger partial charge in [0, 0.05) is 28.0 Å². The molecule has 0 saturated heterocycles. The Morgan fingerprint density at radius 1 is 1.29 bits per heavy atom. The van der Waals surface area contributed by atoms with Gasteiger partial charge in [-0.25, -0.2) is 4.79 Å². The molecule has 3 rings (SSSR count). The van der Waals surface area contributed by atoms with Crippen LogP contribution in [-0.4, -0.2) is 17.6 Å². The van der Waals surface area contributed by atoms with Crippen LogP contribution in [0.2, 0.25) is 4.34 Å². The number of carbonyl (C=O) groups is 1. The second kappa shape index (κ2) is 7.28. The lowest BCUT2D eigenvalue weighted by atomic mass is 10.1. The Kier molecular flexibility index (Phi) is 5.11. The number of thiophene rings is 1. The zero-order valence-electron chi connectivity index (χ0n) is 13.7. The lowest BCUT2D eigenvalue weighted by Gasteiger charge is -2.13. The van der Waals surface area contributed by atoms with E-state index in [-0.39, 0.29) is 12.1 Å². The Labute approximate surface area is 150 Å². The summed E-state index contributed by atoms with van der Waals surface area (Å²) in [6, 6.07) is 11.8. The summed E-state index contributed by atoms with van der Waals surface area (Å²) in [6.45, 7) is 4.61. The van der Waals surface area contributed by atoms with Crippen molar-refractivity contribution < 1.29 is 4.79 Å². The first kappa shape index (κ1) is 16.9. The number of H-pyrrole nitrogens is 1. The van der Waals surface area contributed by atoms with Gasteiger partial charge in [0.1, 0.15) is 0 Å². The van der Waals surface area contributed by atoms with E-state index in [1.807, 2.05) is 31.2 Å². The van der Waals surface area contributed by atoms with Gasteiger partial charge < -0.3 is 15.6 Å². The summed E-state index contributed by atoms with van der Waals surface area (Å²) in [4.78, 5) is 16.5. The molecular formula is C18H20ClN3OS. The number of benzene rings is 1. The highest BCUT2D eigenvalue weighted by molar-refractivity contribution is 7.16. The number of carbonyl (C=O) groups excluding carboxylic acids is 1. The number of halogens is 1. The number of nitrogens with one attached hydrogen (secondary N) is 3. The molecule has 0 radical (unpaired) electrons.